The maximum atomic E-state index is 12.2. The van der Waals surface area contributed by atoms with Crippen LogP contribution in [0.25, 0.3) is 10.9 Å². The van der Waals surface area contributed by atoms with Crippen LogP contribution in [-0.2, 0) is 6.54 Å². The summed E-state index contributed by atoms with van der Waals surface area (Å²) in [5, 5.41) is 9.89. The summed E-state index contributed by atoms with van der Waals surface area (Å²) in [7, 11) is 1.49. The molecule has 0 saturated carbocycles. The molecule has 0 spiro atoms. The maximum Gasteiger partial charge on any atom is 0.335 e. The molecule has 0 atom stereocenters. The van der Waals surface area contributed by atoms with Crippen LogP contribution in [0, 0.1) is 0 Å². The molecule has 2 rings (SSSR count). The average Bonchev–Trinajstić information content (AvgIpc) is 2.55. The number of rotatable bonds is 8. The highest BCUT2D eigenvalue weighted by atomic mass is 16.5. The van der Waals surface area contributed by atoms with Crippen LogP contribution in [0.1, 0.15) is 49.4 Å². The van der Waals surface area contributed by atoms with Crippen LogP contribution < -0.4 is 10.3 Å². The first-order chi connectivity index (χ1) is 11.1. The van der Waals surface area contributed by atoms with Crippen molar-refractivity contribution in [2.24, 2.45) is 0 Å². The molecule has 5 nitrogen and oxygen atoms in total. The first-order valence-electron chi connectivity index (χ1n) is 8.03. The lowest BCUT2D eigenvalue weighted by molar-refractivity contribution is 0.0696. The van der Waals surface area contributed by atoms with Crippen LogP contribution in [0.15, 0.2) is 29.1 Å². The molecule has 5 heteroatoms. The highest BCUT2D eigenvalue weighted by molar-refractivity contribution is 5.96. The molecule has 23 heavy (non-hydrogen) atoms. The summed E-state index contributed by atoms with van der Waals surface area (Å²) >= 11 is 0. The van der Waals surface area contributed by atoms with Gasteiger partial charge in [-0.2, -0.15) is 0 Å². The quantitative estimate of drug-likeness (QED) is 0.754. The normalized spacial score (nSPS) is 10.9. The zero-order valence-corrected chi connectivity index (χ0v) is 13.7. The molecule has 2 aromatic rings. The number of hydrogen-bond acceptors (Lipinski definition) is 3. The molecule has 124 valence electrons. The minimum absolute atomic E-state index is 0.0885. The summed E-state index contributed by atoms with van der Waals surface area (Å²) in [4.78, 5) is 23.4. The number of aromatic nitrogens is 1. The van der Waals surface area contributed by atoms with Crippen molar-refractivity contribution in [3.63, 3.8) is 0 Å². The molecule has 0 aliphatic rings. The maximum absolute atomic E-state index is 12.2. The number of pyridine rings is 1. The third kappa shape index (κ3) is 3.92. The van der Waals surface area contributed by atoms with Gasteiger partial charge in [0.25, 0.3) is 5.56 Å². The Hall–Kier alpha value is -2.30. The Morgan fingerprint density at radius 2 is 1.91 bits per heavy atom. The van der Waals surface area contributed by atoms with Crippen molar-refractivity contribution in [3.8, 4) is 5.75 Å². The molecule has 1 heterocycles. The highest BCUT2D eigenvalue weighted by Gasteiger charge is 2.13. The average molecular weight is 317 g/mol. The third-order valence-corrected chi connectivity index (χ3v) is 4.00. The molecule has 1 aromatic heterocycles. The molecule has 0 unspecified atom stereocenters. The predicted octanol–water partition coefficient (Wildman–Crippen LogP) is 3.68. The van der Waals surface area contributed by atoms with Gasteiger partial charge in [0.15, 0.2) is 0 Å². The second-order valence-corrected chi connectivity index (χ2v) is 5.66. The van der Waals surface area contributed by atoms with Crippen LogP contribution >= 0.6 is 0 Å². The lowest BCUT2D eigenvalue weighted by Gasteiger charge is -2.14. The van der Waals surface area contributed by atoms with E-state index in [2.05, 4.69) is 6.92 Å². The Kier molecular flexibility index (Phi) is 5.79. The van der Waals surface area contributed by atoms with E-state index in [1.54, 1.807) is 16.7 Å². The fraction of sp³-hybridized carbons (Fsp3) is 0.444. The third-order valence-electron chi connectivity index (χ3n) is 4.00. The van der Waals surface area contributed by atoms with Crippen molar-refractivity contribution in [3.05, 3.63) is 40.2 Å². The van der Waals surface area contributed by atoms with Crippen LogP contribution in [0.4, 0.5) is 0 Å². The SMILES string of the molecule is CCCCCCCn1c(=O)ccc2cc(C(=O)O)cc(OC)c21. The predicted molar refractivity (Wildman–Crippen MR) is 90.5 cm³/mol. The monoisotopic (exact) mass is 317 g/mol. The van der Waals surface area contributed by atoms with Gasteiger partial charge in [-0.1, -0.05) is 32.6 Å². The van der Waals surface area contributed by atoms with Gasteiger partial charge in [0.2, 0.25) is 0 Å². The number of ether oxygens (including phenoxy) is 1. The van der Waals surface area contributed by atoms with Crippen LogP contribution in [0.2, 0.25) is 0 Å². The second kappa shape index (κ2) is 7.81. The number of aromatic carboxylic acids is 1. The highest BCUT2D eigenvalue weighted by Crippen LogP contribution is 2.27. The number of benzene rings is 1. The summed E-state index contributed by atoms with van der Waals surface area (Å²) in [6.07, 6.45) is 5.54. The van der Waals surface area contributed by atoms with Gasteiger partial charge < -0.3 is 14.4 Å². The van der Waals surface area contributed by atoms with Gasteiger partial charge in [-0.3, -0.25) is 4.79 Å². The summed E-state index contributed by atoms with van der Waals surface area (Å²) in [5.74, 6) is -0.589. The Morgan fingerprint density at radius 3 is 2.57 bits per heavy atom. The van der Waals surface area contributed by atoms with Crippen molar-refractivity contribution in [1.29, 1.82) is 0 Å². The van der Waals surface area contributed by atoms with Gasteiger partial charge in [-0.15, -0.1) is 0 Å². The minimum Gasteiger partial charge on any atom is -0.495 e. The molecular formula is C18H23NO4. The van der Waals surface area contributed by atoms with E-state index in [9.17, 15) is 14.7 Å². The van der Waals surface area contributed by atoms with Crippen LogP contribution in [-0.4, -0.2) is 22.8 Å². The minimum atomic E-state index is -1.01. The smallest absolute Gasteiger partial charge is 0.335 e. The zero-order valence-electron chi connectivity index (χ0n) is 13.7. The molecule has 0 radical (unpaired) electrons. The number of carboxylic acids is 1. The van der Waals surface area contributed by atoms with E-state index in [0.717, 1.165) is 19.3 Å². The summed E-state index contributed by atoms with van der Waals surface area (Å²) in [5.41, 5.74) is 0.734. The van der Waals surface area contributed by atoms with Gasteiger partial charge in [0.1, 0.15) is 5.75 Å². The number of hydrogen-bond donors (Lipinski definition) is 1. The molecule has 0 aliphatic heterocycles. The van der Waals surface area contributed by atoms with Crippen molar-refractivity contribution in [2.75, 3.05) is 7.11 Å². The first-order valence-corrected chi connectivity index (χ1v) is 8.03. The van der Waals surface area contributed by atoms with Gasteiger partial charge >= 0.3 is 5.97 Å². The van der Waals surface area contributed by atoms with Crippen LogP contribution in [0.3, 0.4) is 0 Å². The van der Waals surface area contributed by atoms with Crippen LogP contribution in [0.5, 0.6) is 5.75 Å². The second-order valence-electron chi connectivity index (χ2n) is 5.66. The van der Waals surface area contributed by atoms with E-state index in [1.165, 1.54) is 32.1 Å². The van der Waals surface area contributed by atoms with E-state index in [-0.39, 0.29) is 11.1 Å². The van der Waals surface area contributed by atoms with Gasteiger partial charge in [-0.25, -0.2) is 4.79 Å². The fourth-order valence-corrected chi connectivity index (χ4v) is 2.78. The van der Waals surface area contributed by atoms with Crippen molar-refractivity contribution >= 4 is 16.9 Å². The lowest BCUT2D eigenvalue weighted by Crippen LogP contribution is -2.20. The number of unbranched alkanes of at least 4 members (excludes halogenated alkanes) is 4. The van der Waals surface area contributed by atoms with Gasteiger partial charge in [0, 0.05) is 18.0 Å². The summed E-state index contributed by atoms with van der Waals surface area (Å²) < 4.78 is 7.02. The Balaban J connectivity index is 2.40. The van der Waals surface area contributed by atoms with E-state index < -0.39 is 5.97 Å². The Labute approximate surface area is 135 Å². The van der Waals surface area contributed by atoms with E-state index in [1.807, 2.05) is 0 Å². The molecule has 0 bridgehead atoms. The number of methoxy groups -OCH3 is 1. The van der Waals surface area contributed by atoms with Gasteiger partial charge in [0.05, 0.1) is 18.2 Å². The number of carbonyl (C=O) groups is 1. The lowest BCUT2D eigenvalue weighted by atomic mass is 10.1. The van der Waals surface area contributed by atoms with E-state index in [0.29, 0.717) is 23.2 Å². The number of aryl methyl sites for hydroxylation is 1. The number of carboxylic acid groups (broad SMARTS) is 1. The molecule has 1 N–H and O–H groups in total. The molecular weight excluding hydrogens is 294 g/mol. The van der Waals surface area contributed by atoms with Gasteiger partial charge in [-0.05, 0) is 24.6 Å². The van der Waals surface area contributed by atoms with E-state index >= 15 is 0 Å². The Morgan fingerprint density at radius 1 is 1.17 bits per heavy atom. The molecule has 0 saturated heterocycles. The largest absolute Gasteiger partial charge is 0.495 e. The Bertz CT molecular complexity index is 749. The molecule has 0 amide bonds. The topological polar surface area (TPSA) is 68.5 Å². The fourth-order valence-electron chi connectivity index (χ4n) is 2.78. The standard InChI is InChI=1S/C18H23NO4/c1-3-4-5-6-7-10-19-16(20)9-8-13-11-14(18(21)22)12-15(23-2)17(13)19/h8-9,11-12H,3-7,10H2,1-2H3,(H,21,22). The summed E-state index contributed by atoms with van der Waals surface area (Å²) in [6, 6.07) is 6.19. The molecule has 0 aliphatic carbocycles. The van der Waals surface area contributed by atoms with Crippen molar-refractivity contribution < 1.29 is 14.6 Å². The molecule has 0 fully saturated rings. The first kappa shape index (κ1) is 17.1. The summed E-state index contributed by atoms with van der Waals surface area (Å²) in [6.45, 7) is 2.78. The van der Waals surface area contributed by atoms with Crippen molar-refractivity contribution in [1.82, 2.24) is 4.57 Å². The number of nitrogens with zero attached hydrogens (tertiary/aromatic N) is 1. The molecule has 1 aromatic carbocycles. The van der Waals surface area contributed by atoms with E-state index in [4.69, 9.17) is 4.74 Å². The van der Waals surface area contributed by atoms with Crippen molar-refractivity contribution in [2.45, 2.75) is 45.6 Å². The zero-order chi connectivity index (χ0) is 16.8. The number of fused-ring (bicyclic) bond motifs is 1.